The molecule has 18 aromatic carbocycles. The number of hydrogen-bond donors (Lipinski definition) is 0. The van der Waals surface area contributed by atoms with Crippen LogP contribution in [0.25, 0.3) is 209 Å². The molecule has 512 valence electrons. The number of fused-ring (bicyclic) bond motifs is 12. The Morgan fingerprint density at radius 1 is 0.173 bits per heavy atom. The highest BCUT2D eigenvalue weighted by atomic mass is 15.0. The van der Waals surface area contributed by atoms with Crippen LogP contribution >= 0.6 is 0 Å². The predicted molar refractivity (Wildman–Crippen MR) is 466 cm³/mol. The van der Waals surface area contributed by atoms with E-state index in [4.69, 9.17) is 9.97 Å². The highest BCUT2D eigenvalue weighted by Gasteiger charge is 2.23. The first-order valence-electron chi connectivity index (χ1n) is 37.7. The van der Waals surface area contributed by atoms with Crippen molar-refractivity contribution >= 4 is 108 Å². The van der Waals surface area contributed by atoms with E-state index in [9.17, 15) is 0 Å². The molecule has 0 unspecified atom stereocenters. The van der Waals surface area contributed by atoms with Crippen LogP contribution in [0.5, 0.6) is 0 Å². The Bertz CT molecular complexity index is 7190. The molecule has 22 rings (SSSR count). The van der Waals surface area contributed by atoms with Crippen LogP contribution in [0.15, 0.2) is 413 Å². The molecule has 0 aliphatic rings. The van der Waals surface area contributed by atoms with Crippen molar-refractivity contribution in [2.75, 3.05) is 0 Å². The summed E-state index contributed by atoms with van der Waals surface area (Å²) in [7, 11) is 0. The number of benzene rings is 18. The third-order valence-electron chi connectivity index (χ3n) is 22.4. The number of aromatic nitrogens is 4. The molecule has 0 radical (unpaired) electrons. The normalized spacial score (nSPS) is 11.6. The van der Waals surface area contributed by atoms with Gasteiger partial charge in [0.2, 0.25) is 0 Å². The summed E-state index contributed by atoms with van der Waals surface area (Å²) in [6.45, 7) is 0. The molecule has 22 aromatic rings. The number of nitrogens with zero attached hydrogens (tertiary/aromatic N) is 4. The van der Waals surface area contributed by atoms with Crippen molar-refractivity contribution in [1.82, 2.24) is 19.1 Å². The van der Waals surface area contributed by atoms with E-state index >= 15 is 0 Å². The number of hydrogen-bond acceptors (Lipinski definition) is 2. The quantitative estimate of drug-likeness (QED) is 0.128. The monoisotopic (exact) mass is 1400 g/mol. The van der Waals surface area contributed by atoms with E-state index in [-0.39, 0.29) is 0 Å². The van der Waals surface area contributed by atoms with Gasteiger partial charge in [0.1, 0.15) is 0 Å². The second-order valence-electron chi connectivity index (χ2n) is 28.6. The lowest BCUT2D eigenvalue weighted by Crippen LogP contribution is -1.96. The third kappa shape index (κ3) is 10.9. The molecule has 110 heavy (non-hydrogen) atoms. The van der Waals surface area contributed by atoms with Gasteiger partial charge in [-0.2, -0.15) is 0 Å². The Balaban J connectivity index is 0.000000140. The summed E-state index contributed by atoms with van der Waals surface area (Å²) in [5.41, 5.74) is 25.5. The van der Waals surface area contributed by atoms with Crippen LogP contribution in [0.4, 0.5) is 0 Å². The zero-order valence-corrected chi connectivity index (χ0v) is 60.0. The van der Waals surface area contributed by atoms with Crippen molar-refractivity contribution in [3.8, 4) is 101 Å². The van der Waals surface area contributed by atoms with Gasteiger partial charge in [-0.25, -0.2) is 0 Å². The Hall–Kier alpha value is -14.6. The summed E-state index contributed by atoms with van der Waals surface area (Å²) in [6.07, 6.45) is 4.13. The smallest absolute Gasteiger partial charge is 0.0723 e. The Morgan fingerprint density at radius 2 is 0.482 bits per heavy atom. The van der Waals surface area contributed by atoms with Crippen LogP contribution in [-0.4, -0.2) is 19.1 Å². The molecule has 0 aliphatic carbocycles. The molecule has 0 N–H and O–H groups in total. The fourth-order valence-electron chi connectivity index (χ4n) is 17.4. The van der Waals surface area contributed by atoms with Gasteiger partial charge in [-0.05, 0) is 187 Å². The third-order valence-corrected chi connectivity index (χ3v) is 22.4. The van der Waals surface area contributed by atoms with Gasteiger partial charge in [-0.3, -0.25) is 9.97 Å². The van der Waals surface area contributed by atoms with Crippen LogP contribution < -0.4 is 0 Å². The minimum atomic E-state index is 0.947. The topological polar surface area (TPSA) is 35.6 Å². The van der Waals surface area contributed by atoms with Gasteiger partial charge in [-0.15, -0.1) is 0 Å². The molecule has 0 spiro atoms. The van der Waals surface area contributed by atoms with Gasteiger partial charge in [0.15, 0.2) is 0 Å². The fourth-order valence-corrected chi connectivity index (χ4v) is 17.4. The molecule has 4 heterocycles. The van der Waals surface area contributed by atoms with Crippen molar-refractivity contribution in [2.24, 2.45) is 0 Å². The maximum Gasteiger partial charge on any atom is 0.0723 e. The van der Waals surface area contributed by atoms with E-state index in [0.717, 1.165) is 50.5 Å². The molecular weight excluding hydrogens is 1330 g/mol. The lowest BCUT2D eigenvalue weighted by molar-refractivity contribution is 1.18. The lowest BCUT2D eigenvalue weighted by atomic mass is 9.86. The molecule has 0 aliphatic heterocycles. The molecule has 4 heteroatoms. The predicted octanol–water partition coefficient (Wildman–Crippen LogP) is 28.6. The fraction of sp³-hybridized carbons (Fsp3) is 0. The Morgan fingerprint density at radius 3 is 0.909 bits per heavy atom. The molecule has 0 saturated heterocycles. The van der Waals surface area contributed by atoms with E-state index < -0.39 is 0 Å². The molecule has 4 nitrogen and oxygen atoms in total. The van der Waals surface area contributed by atoms with Crippen molar-refractivity contribution in [2.45, 2.75) is 0 Å². The zero-order valence-electron chi connectivity index (χ0n) is 60.0. The largest absolute Gasteiger partial charge is 0.309 e. The maximum atomic E-state index is 5.25. The van der Waals surface area contributed by atoms with Crippen molar-refractivity contribution in [1.29, 1.82) is 0 Å². The SMILES string of the molecule is c1ccc(-c2ccc(-c3c4ccccc4c(-c4ccc(-c5ccc6c7cc8ccccc8cc7n(-c7ccccc7)c6c5)nc4)c4ccccc34)cc2)cc1.c1ccc(-c2ccc(-c3c4ccccc4c(-c4ccc(-c5cccc6c7cc8ccccc8cc7n(-c7ccccc7)c56)nc4)c4ccccc34)cc2)cc1. The van der Waals surface area contributed by atoms with E-state index in [1.54, 1.807) is 0 Å². The average Bonchev–Trinajstić information content (AvgIpc) is 1.32. The molecule has 0 amide bonds. The first kappa shape index (κ1) is 63.9. The Kier molecular flexibility index (Phi) is 15.5. The van der Waals surface area contributed by atoms with Gasteiger partial charge in [0, 0.05) is 67.6 Å². The first-order chi connectivity index (χ1) is 54.6. The van der Waals surface area contributed by atoms with Crippen molar-refractivity contribution in [3.05, 3.63) is 413 Å². The molecule has 0 saturated carbocycles. The summed E-state index contributed by atoms with van der Waals surface area (Å²) < 4.78 is 4.80. The molecule has 0 atom stereocenters. The van der Waals surface area contributed by atoms with E-state index in [2.05, 4.69) is 422 Å². The van der Waals surface area contributed by atoms with Crippen LogP contribution in [0.1, 0.15) is 0 Å². The number of pyridine rings is 2. The van der Waals surface area contributed by atoms with E-state index in [1.165, 1.54) is 158 Å². The van der Waals surface area contributed by atoms with Gasteiger partial charge in [0.05, 0.1) is 33.5 Å². The second-order valence-corrected chi connectivity index (χ2v) is 28.6. The Labute approximate surface area is 636 Å². The molecular formula is C106H68N4. The molecule has 0 bridgehead atoms. The number of rotatable bonds is 10. The highest BCUT2D eigenvalue weighted by Crippen LogP contribution is 2.48. The van der Waals surface area contributed by atoms with Crippen LogP contribution in [0.2, 0.25) is 0 Å². The summed E-state index contributed by atoms with van der Waals surface area (Å²) >= 11 is 0. The summed E-state index contributed by atoms with van der Waals surface area (Å²) in [4.78, 5) is 10.4. The van der Waals surface area contributed by atoms with Gasteiger partial charge in [-0.1, -0.05) is 334 Å². The zero-order chi connectivity index (χ0) is 72.6. The van der Waals surface area contributed by atoms with Crippen molar-refractivity contribution in [3.63, 3.8) is 0 Å². The van der Waals surface area contributed by atoms with Gasteiger partial charge < -0.3 is 9.13 Å². The summed E-state index contributed by atoms with van der Waals surface area (Å²) in [5, 5.41) is 19.7. The van der Waals surface area contributed by atoms with Crippen molar-refractivity contribution < 1.29 is 0 Å². The highest BCUT2D eigenvalue weighted by molar-refractivity contribution is 6.24. The van der Waals surface area contributed by atoms with E-state index in [0.29, 0.717) is 0 Å². The molecule has 4 aromatic heterocycles. The number of para-hydroxylation sites is 3. The minimum absolute atomic E-state index is 0.947. The second kappa shape index (κ2) is 26.8. The van der Waals surface area contributed by atoms with Crippen LogP contribution in [0, 0.1) is 0 Å². The summed E-state index contributed by atoms with van der Waals surface area (Å²) in [5.74, 6) is 0. The lowest BCUT2D eigenvalue weighted by Gasteiger charge is -2.18. The first-order valence-corrected chi connectivity index (χ1v) is 37.7. The average molecular weight is 1400 g/mol. The molecule has 0 fully saturated rings. The van der Waals surface area contributed by atoms with E-state index in [1.807, 2.05) is 0 Å². The van der Waals surface area contributed by atoms with Gasteiger partial charge >= 0.3 is 0 Å². The standard InChI is InChI=1S/2C53H34N2/c1-3-14-35(15-4-1)36-26-28-37(29-27-36)51-42-20-9-11-22-44(42)52(45-23-12-10-21-43(45)51)40-30-31-49(54-34-40)47-25-13-24-46-48-32-38-16-7-8-17-39(38)33-50(48)55(53(46)47)41-18-5-2-6-19-41;1-3-13-35(14-4-1)36-23-25-37(26-24-36)52-44-19-9-11-21-46(44)53(47-22-12-10-20-45(47)52)41-28-30-49(54-34-41)40-27-29-43-48-31-38-15-7-8-16-39(38)32-51(48)55(50(43)33-40)42-17-5-2-6-18-42/h2*1-34H. The minimum Gasteiger partial charge on any atom is -0.309 e. The maximum absolute atomic E-state index is 5.25. The van der Waals surface area contributed by atoms with Gasteiger partial charge in [0.25, 0.3) is 0 Å². The van der Waals surface area contributed by atoms with Crippen LogP contribution in [0.3, 0.4) is 0 Å². The van der Waals surface area contributed by atoms with Crippen LogP contribution in [-0.2, 0) is 0 Å². The summed E-state index contributed by atoms with van der Waals surface area (Å²) in [6, 6.07) is 145.